The largest absolute Gasteiger partial charge is 0.469 e. The number of hydrogen-bond acceptors (Lipinski definition) is 8. The topological polar surface area (TPSA) is 113 Å². The molecule has 8 nitrogen and oxygen atoms in total. The normalized spacial score (nSPS) is 13.8. The van der Waals surface area contributed by atoms with Crippen LogP contribution in [0, 0.1) is 5.41 Å². The van der Waals surface area contributed by atoms with Crippen molar-refractivity contribution in [2.75, 3.05) is 14.2 Å². The number of ether oxygens (including phenoxy) is 3. The molecule has 0 aliphatic rings. The summed E-state index contributed by atoms with van der Waals surface area (Å²) in [6.45, 7) is 5.30. The van der Waals surface area contributed by atoms with Crippen LogP contribution in [0.25, 0.3) is 0 Å². The van der Waals surface area contributed by atoms with E-state index in [4.69, 9.17) is 9.47 Å². The number of esters is 3. The molecule has 0 amide bonds. The van der Waals surface area contributed by atoms with Gasteiger partial charge in [-0.2, -0.15) is 8.42 Å². The lowest BCUT2D eigenvalue weighted by Gasteiger charge is -2.25. The Morgan fingerprint density at radius 3 is 2.22 bits per heavy atom. The van der Waals surface area contributed by atoms with Crippen LogP contribution >= 0.6 is 0 Å². The van der Waals surface area contributed by atoms with Crippen LogP contribution in [0.2, 0.25) is 0 Å². The Kier molecular flexibility index (Phi) is 15.4. The molecule has 0 aliphatic heterocycles. The summed E-state index contributed by atoms with van der Waals surface area (Å²) >= 11 is 0. The predicted octanol–water partition coefficient (Wildman–Crippen LogP) is 3.80. The number of carbonyl (C=O) groups excluding carboxylic acids is 3. The van der Waals surface area contributed by atoms with Gasteiger partial charge in [0.2, 0.25) is 10.3 Å². The summed E-state index contributed by atoms with van der Waals surface area (Å²) < 4.78 is 37.1. The molecule has 2 unspecified atom stereocenters. The lowest BCUT2D eigenvalue weighted by atomic mass is 9.81. The van der Waals surface area contributed by atoms with Crippen molar-refractivity contribution >= 4 is 33.1 Å². The standard InChI is InChI=1S/C23H38O8S/c1-6-7-9-13-19(31-18(2)24)14-12-17-23(3,22(26)30-5)16-11-8-10-15-20(32(27)28)21(25)29-4/h12,14,19H,6-11,13,15-17H2,1-5H3. The summed E-state index contributed by atoms with van der Waals surface area (Å²) in [4.78, 5) is 35.0. The van der Waals surface area contributed by atoms with E-state index in [0.29, 0.717) is 32.1 Å². The molecule has 9 heteroatoms. The summed E-state index contributed by atoms with van der Waals surface area (Å²) in [6.07, 6.45) is 10.0. The molecule has 0 fully saturated rings. The minimum atomic E-state index is -2.61. The van der Waals surface area contributed by atoms with Gasteiger partial charge in [0.15, 0.2) is 4.86 Å². The van der Waals surface area contributed by atoms with Crippen LogP contribution in [-0.2, 0) is 38.9 Å². The lowest BCUT2D eigenvalue weighted by molar-refractivity contribution is -0.152. The molecule has 0 rings (SSSR count). The van der Waals surface area contributed by atoms with Gasteiger partial charge in [0.1, 0.15) is 6.10 Å². The van der Waals surface area contributed by atoms with Crippen LogP contribution in [0.1, 0.15) is 85.0 Å². The molecule has 2 atom stereocenters. The van der Waals surface area contributed by atoms with Crippen molar-refractivity contribution in [3.63, 3.8) is 0 Å². The second kappa shape index (κ2) is 16.5. The third kappa shape index (κ3) is 12.0. The highest BCUT2D eigenvalue weighted by atomic mass is 32.2. The summed E-state index contributed by atoms with van der Waals surface area (Å²) in [6, 6.07) is 0. The quantitative estimate of drug-likeness (QED) is 0.109. The average molecular weight is 475 g/mol. The minimum absolute atomic E-state index is 0.0967. The highest BCUT2D eigenvalue weighted by molar-refractivity contribution is 7.74. The SMILES string of the molecule is CCCCCC(C=CCC(C)(CCCCCC(C(=O)OC)=S(=O)=O)C(=O)OC)OC(C)=O. The predicted molar refractivity (Wildman–Crippen MR) is 123 cm³/mol. The molecule has 0 bridgehead atoms. The fraction of sp³-hybridized carbons (Fsp3) is 0.739. The van der Waals surface area contributed by atoms with E-state index in [0.717, 1.165) is 32.8 Å². The number of hydrogen-bond donors (Lipinski definition) is 0. The molecule has 0 aromatic carbocycles. The van der Waals surface area contributed by atoms with Crippen LogP contribution in [0.4, 0.5) is 0 Å². The van der Waals surface area contributed by atoms with Crippen LogP contribution in [0.3, 0.4) is 0 Å². The minimum Gasteiger partial charge on any atom is -0.469 e. The van der Waals surface area contributed by atoms with Crippen molar-refractivity contribution in [2.45, 2.75) is 91.1 Å². The molecule has 0 saturated carbocycles. The summed E-state index contributed by atoms with van der Waals surface area (Å²) in [5.74, 6) is -1.52. The van der Waals surface area contributed by atoms with E-state index in [1.165, 1.54) is 14.0 Å². The van der Waals surface area contributed by atoms with Crippen LogP contribution in [0.15, 0.2) is 12.2 Å². The zero-order valence-electron chi connectivity index (χ0n) is 20.0. The molecule has 0 aromatic rings. The third-order valence-electron chi connectivity index (χ3n) is 5.25. The maximum atomic E-state index is 12.4. The number of carbonyl (C=O) groups is 3. The first-order valence-corrected chi connectivity index (χ1v) is 12.1. The van der Waals surface area contributed by atoms with Gasteiger partial charge in [-0.1, -0.05) is 38.7 Å². The second-order valence-electron chi connectivity index (χ2n) is 8.04. The number of methoxy groups -OCH3 is 2. The van der Waals surface area contributed by atoms with Crippen molar-refractivity contribution in [1.29, 1.82) is 0 Å². The van der Waals surface area contributed by atoms with Gasteiger partial charge in [-0.25, -0.2) is 4.79 Å². The molecule has 32 heavy (non-hydrogen) atoms. The highest BCUT2D eigenvalue weighted by Crippen LogP contribution is 2.31. The van der Waals surface area contributed by atoms with Crippen molar-refractivity contribution < 1.29 is 37.0 Å². The van der Waals surface area contributed by atoms with Gasteiger partial charge < -0.3 is 14.2 Å². The van der Waals surface area contributed by atoms with E-state index < -0.39 is 21.7 Å². The first-order valence-electron chi connectivity index (χ1n) is 11.1. The Balaban J connectivity index is 4.91. The maximum Gasteiger partial charge on any atom is 0.349 e. The highest BCUT2D eigenvalue weighted by Gasteiger charge is 2.32. The Labute approximate surface area is 193 Å². The van der Waals surface area contributed by atoms with Gasteiger partial charge in [0.25, 0.3) is 0 Å². The number of allylic oxidation sites excluding steroid dienone is 1. The van der Waals surface area contributed by atoms with Gasteiger partial charge in [-0.3, -0.25) is 9.59 Å². The van der Waals surface area contributed by atoms with Gasteiger partial charge in [-0.05, 0) is 51.5 Å². The molecule has 184 valence electrons. The van der Waals surface area contributed by atoms with E-state index >= 15 is 0 Å². The Morgan fingerprint density at radius 1 is 1.00 bits per heavy atom. The molecule has 0 N–H and O–H groups in total. The summed E-state index contributed by atoms with van der Waals surface area (Å²) in [7, 11) is -0.124. The monoisotopic (exact) mass is 474 g/mol. The molecule has 0 heterocycles. The molecule has 0 saturated heterocycles. The molecule has 0 radical (unpaired) electrons. The molecular weight excluding hydrogens is 436 g/mol. The van der Waals surface area contributed by atoms with Crippen molar-refractivity contribution in [3.8, 4) is 0 Å². The number of rotatable bonds is 16. The Morgan fingerprint density at radius 2 is 1.69 bits per heavy atom. The molecular formula is C23H38O8S. The lowest BCUT2D eigenvalue weighted by Crippen LogP contribution is -2.29. The molecule has 0 aliphatic carbocycles. The summed E-state index contributed by atoms with van der Waals surface area (Å²) in [5.41, 5.74) is -0.758. The van der Waals surface area contributed by atoms with Gasteiger partial charge in [-0.15, -0.1) is 0 Å². The summed E-state index contributed by atoms with van der Waals surface area (Å²) in [5, 5.41) is 0. The molecule has 0 spiro atoms. The first kappa shape index (κ1) is 29.8. The Hall–Kier alpha value is -2.16. The van der Waals surface area contributed by atoms with E-state index in [2.05, 4.69) is 11.7 Å². The van der Waals surface area contributed by atoms with Gasteiger partial charge in [0, 0.05) is 6.92 Å². The van der Waals surface area contributed by atoms with E-state index in [9.17, 15) is 22.8 Å². The molecule has 0 aromatic heterocycles. The number of unbranched alkanes of at least 4 members (excludes halogenated alkanes) is 4. The van der Waals surface area contributed by atoms with Crippen molar-refractivity contribution in [1.82, 2.24) is 0 Å². The van der Waals surface area contributed by atoms with E-state index in [1.807, 2.05) is 19.1 Å². The smallest absolute Gasteiger partial charge is 0.349 e. The zero-order chi connectivity index (χ0) is 24.6. The fourth-order valence-corrected chi connectivity index (χ4v) is 3.89. The second-order valence-corrected chi connectivity index (χ2v) is 9.00. The van der Waals surface area contributed by atoms with E-state index in [1.54, 1.807) is 0 Å². The van der Waals surface area contributed by atoms with Crippen molar-refractivity contribution in [3.05, 3.63) is 12.2 Å². The first-order chi connectivity index (χ1) is 15.1. The van der Waals surface area contributed by atoms with Gasteiger partial charge >= 0.3 is 17.9 Å². The van der Waals surface area contributed by atoms with Crippen molar-refractivity contribution in [2.24, 2.45) is 5.41 Å². The van der Waals surface area contributed by atoms with Crippen LogP contribution < -0.4 is 0 Å². The zero-order valence-corrected chi connectivity index (χ0v) is 20.8. The van der Waals surface area contributed by atoms with Crippen LogP contribution in [-0.4, -0.2) is 51.5 Å². The maximum absolute atomic E-state index is 12.4. The van der Waals surface area contributed by atoms with E-state index in [-0.39, 0.29) is 29.3 Å². The van der Waals surface area contributed by atoms with Crippen LogP contribution in [0.5, 0.6) is 0 Å². The third-order valence-corrected chi connectivity index (χ3v) is 6.03. The average Bonchev–Trinajstić information content (AvgIpc) is 2.74. The van der Waals surface area contributed by atoms with Gasteiger partial charge in [0.05, 0.1) is 19.6 Å². The fourth-order valence-electron chi connectivity index (χ4n) is 3.36. The Bertz CT molecular complexity index is 761.